The molecule has 3 aromatic carbocycles. The maximum atomic E-state index is 13.2. The van der Waals surface area contributed by atoms with Crippen LogP contribution in [0, 0.1) is 0 Å². The zero-order valence-electron chi connectivity index (χ0n) is 18.3. The number of benzene rings is 3. The molecule has 0 bridgehead atoms. The molecule has 6 nitrogen and oxygen atoms in total. The lowest BCUT2D eigenvalue weighted by atomic mass is 9.95. The van der Waals surface area contributed by atoms with Gasteiger partial charge < -0.3 is 9.84 Å². The van der Waals surface area contributed by atoms with Crippen molar-refractivity contribution in [1.29, 1.82) is 0 Å². The second-order valence-electron chi connectivity index (χ2n) is 7.95. The molecule has 0 saturated carbocycles. The van der Waals surface area contributed by atoms with Crippen LogP contribution >= 0.6 is 0 Å². The van der Waals surface area contributed by atoms with E-state index in [1.54, 1.807) is 86.6 Å². The molecule has 1 atom stereocenters. The van der Waals surface area contributed by atoms with Crippen LogP contribution in [-0.4, -0.2) is 28.9 Å². The molecule has 1 aliphatic rings. The van der Waals surface area contributed by atoms with E-state index < -0.39 is 23.7 Å². The lowest BCUT2D eigenvalue weighted by molar-refractivity contribution is -0.132. The van der Waals surface area contributed by atoms with E-state index in [0.717, 1.165) is 0 Å². The van der Waals surface area contributed by atoms with Gasteiger partial charge >= 0.3 is 5.97 Å². The van der Waals surface area contributed by atoms with Crippen LogP contribution in [0.2, 0.25) is 0 Å². The minimum atomic E-state index is -0.859. The first-order valence-electron chi connectivity index (χ1n) is 10.6. The molecule has 1 aliphatic heterocycles. The molecule has 3 aromatic rings. The molecule has 0 aromatic heterocycles. The average Bonchev–Trinajstić information content (AvgIpc) is 3.10. The molecule has 0 aliphatic carbocycles. The van der Waals surface area contributed by atoms with Crippen molar-refractivity contribution in [2.45, 2.75) is 26.0 Å². The predicted octanol–water partition coefficient (Wildman–Crippen LogP) is 4.88. The van der Waals surface area contributed by atoms with Crippen LogP contribution in [0.25, 0.3) is 5.76 Å². The lowest BCUT2D eigenvalue weighted by Crippen LogP contribution is -2.29. The van der Waals surface area contributed by atoms with Crippen molar-refractivity contribution in [3.63, 3.8) is 0 Å². The highest BCUT2D eigenvalue weighted by Gasteiger charge is 2.47. The van der Waals surface area contributed by atoms with Gasteiger partial charge in [-0.25, -0.2) is 4.79 Å². The van der Waals surface area contributed by atoms with Crippen molar-refractivity contribution >= 4 is 29.1 Å². The lowest BCUT2D eigenvalue weighted by Gasteiger charge is -2.25. The highest BCUT2D eigenvalue weighted by Crippen LogP contribution is 2.42. The van der Waals surface area contributed by atoms with Crippen LogP contribution in [0.1, 0.15) is 41.4 Å². The summed E-state index contributed by atoms with van der Waals surface area (Å²) in [7, 11) is 0. The van der Waals surface area contributed by atoms with Gasteiger partial charge in [-0.1, -0.05) is 66.7 Å². The van der Waals surface area contributed by atoms with Gasteiger partial charge in [-0.05, 0) is 37.6 Å². The van der Waals surface area contributed by atoms with Gasteiger partial charge in [0.05, 0.1) is 23.3 Å². The predicted molar refractivity (Wildman–Crippen MR) is 125 cm³/mol. The minimum Gasteiger partial charge on any atom is -0.507 e. The summed E-state index contributed by atoms with van der Waals surface area (Å²) in [5, 5.41) is 11.1. The number of aliphatic hydroxyl groups is 1. The van der Waals surface area contributed by atoms with E-state index in [1.807, 2.05) is 6.07 Å². The standard InChI is InChI=1S/C27H23NO5/c1-17(2)33-27(32)20-14-9-15-21(16-20)28-23(18-10-5-3-6-11-18)22(25(30)26(28)31)24(29)19-12-7-4-8-13-19/h3-17,23,29H,1-2H3/b24-22+. The Balaban J connectivity index is 1.87. The number of rotatable bonds is 5. The molecule has 1 unspecified atom stereocenters. The van der Waals surface area contributed by atoms with E-state index in [4.69, 9.17) is 4.74 Å². The molecule has 166 valence electrons. The number of aliphatic hydroxyl groups excluding tert-OH is 1. The summed E-state index contributed by atoms with van der Waals surface area (Å²) < 4.78 is 5.27. The third-order valence-electron chi connectivity index (χ3n) is 5.31. The van der Waals surface area contributed by atoms with Gasteiger partial charge in [0.25, 0.3) is 11.7 Å². The number of carbonyl (C=O) groups is 3. The Morgan fingerprint density at radius 2 is 1.48 bits per heavy atom. The third-order valence-corrected chi connectivity index (χ3v) is 5.31. The normalized spacial score (nSPS) is 17.4. The summed E-state index contributed by atoms with van der Waals surface area (Å²) in [6.07, 6.45) is -0.300. The van der Waals surface area contributed by atoms with Gasteiger partial charge in [0, 0.05) is 11.3 Å². The fourth-order valence-corrected chi connectivity index (χ4v) is 3.87. The molecule has 6 heteroatoms. The third kappa shape index (κ3) is 4.28. The van der Waals surface area contributed by atoms with Crippen molar-refractivity contribution in [2.75, 3.05) is 4.90 Å². The van der Waals surface area contributed by atoms with Crippen LogP contribution in [0.5, 0.6) is 0 Å². The quantitative estimate of drug-likeness (QED) is 0.264. The molecule has 1 fully saturated rings. The Kier molecular flexibility index (Phi) is 6.09. The molecular formula is C27H23NO5. The maximum absolute atomic E-state index is 13.2. The number of hydrogen-bond acceptors (Lipinski definition) is 5. The van der Waals surface area contributed by atoms with Gasteiger partial charge in [0.2, 0.25) is 0 Å². The second kappa shape index (κ2) is 9.12. The number of ketones is 1. The summed E-state index contributed by atoms with van der Waals surface area (Å²) in [6, 6.07) is 23.2. The number of ether oxygens (including phenoxy) is 1. The van der Waals surface area contributed by atoms with Gasteiger partial charge in [-0.2, -0.15) is 0 Å². The van der Waals surface area contributed by atoms with E-state index in [0.29, 0.717) is 16.8 Å². The van der Waals surface area contributed by atoms with Crippen LogP contribution in [0.3, 0.4) is 0 Å². The van der Waals surface area contributed by atoms with E-state index in [1.165, 1.54) is 11.0 Å². The van der Waals surface area contributed by atoms with Crippen molar-refractivity contribution in [2.24, 2.45) is 0 Å². The van der Waals surface area contributed by atoms with Crippen molar-refractivity contribution in [1.82, 2.24) is 0 Å². The maximum Gasteiger partial charge on any atom is 0.338 e. The molecule has 1 saturated heterocycles. The molecule has 1 amide bonds. The number of Topliss-reactive ketones (excluding diaryl/α,β-unsaturated/α-hetero) is 1. The number of hydrogen-bond donors (Lipinski definition) is 1. The first-order valence-corrected chi connectivity index (χ1v) is 10.6. The zero-order valence-corrected chi connectivity index (χ0v) is 18.3. The van der Waals surface area contributed by atoms with Gasteiger partial charge in [0.1, 0.15) is 5.76 Å². The first kappa shape index (κ1) is 22.0. The first-order chi connectivity index (χ1) is 15.9. The fraction of sp³-hybridized carbons (Fsp3) is 0.148. The summed E-state index contributed by atoms with van der Waals surface area (Å²) in [6.45, 7) is 3.50. The molecule has 1 N–H and O–H groups in total. The van der Waals surface area contributed by atoms with Crippen molar-refractivity contribution in [3.8, 4) is 0 Å². The summed E-state index contributed by atoms with van der Waals surface area (Å²) in [5.41, 5.74) is 1.71. The fourth-order valence-electron chi connectivity index (χ4n) is 3.87. The van der Waals surface area contributed by atoms with Gasteiger partial charge in [0.15, 0.2) is 0 Å². The molecule has 0 spiro atoms. The Bertz CT molecular complexity index is 1230. The zero-order chi connectivity index (χ0) is 23.5. The topological polar surface area (TPSA) is 83.9 Å². The molecule has 0 radical (unpaired) electrons. The molecular weight excluding hydrogens is 418 g/mol. The van der Waals surface area contributed by atoms with E-state index >= 15 is 0 Å². The Morgan fingerprint density at radius 3 is 2.12 bits per heavy atom. The smallest absolute Gasteiger partial charge is 0.338 e. The SMILES string of the molecule is CC(C)OC(=O)c1cccc(N2C(=O)C(=O)/C(=C(/O)c3ccccc3)C2c2ccccc2)c1. The highest BCUT2D eigenvalue weighted by molar-refractivity contribution is 6.51. The number of anilines is 1. The average molecular weight is 441 g/mol. The largest absolute Gasteiger partial charge is 0.507 e. The van der Waals surface area contributed by atoms with Crippen molar-refractivity contribution in [3.05, 3.63) is 107 Å². The van der Waals surface area contributed by atoms with Gasteiger partial charge in [-0.3, -0.25) is 14.5 Å². The van der Waals surface area contributed by atoms with Crippen LogP contribution in [0.4, 0.5) is 5.69 Å². The number of amides is 1. The Morgan fingerprint density at radius 1 is 0.879 bits per heavy atom. The second-order valence-corrected chi connectivity index (χ2v) is 7.95. The Hall–Kier alpha value is -4.19. The molecule has 1 heterocycles. The van der Waals surface area contributed by atoms with Gasteiger partial charge in [-0.15, -0.1) is 0 Å². The summed E-state index contributed by atoms with van der Waals surface area (Å²) >= 11 is 0. The molecule has 33 heavy (non-hydrogen) atoms. The monoisotopic (exact) mass is 441 g/mol. The number of carbonyl (C=O) groups excluding carboxylic acids is 3. The van der Waals surface area contributed by atoms with Crippen LogP contribution < -0.4 is 4.90 Å². The van der Waals surface area contributed by atoms with Crippen LogP contribution in [0.15, 0.2) is 90.5 Å². The van der Waals surface area contributed by atoms with Crippen LogP contribution in [-0.2, 0) is 14.3 Å². The minimum absolute atomic E-state index is 0.00689. The number of nitrogens with zero attached hydrogens (tertiary/aromatic N) is 1. The highest BCUT2D eigenvalue weighted by atomic mass is 16.5. The van der Waals surface area contributed by atoms with Crippen molar-refractivity contribution < 1.29 is 24.2 Å². The summed E-state index contributed by atoms with van der Waals surface area (Å²) in [4.78, 5) is 40.1. The number of esters is 1. The van der Waals surface area contributed by atoms with E-state index in [9.17, 15) is 19.5 Å². The summed E-state index contributed by atoms with van der Waals surface area (Å²) in [5.74, 6) is -2.35. The Labute approximate surface area is 191 Å². The molecule has 4 rings (SSSR count). The van der Waals surface area contributed by atoms with E-state index in [2.05, 4.69) is 0 Å². The van der Waals surface area contributed by atoms with E-state index in [-0.39, 0.29) is 23.0 Å².